The van der Waals surface area contributed by atoms with Gasteiger partial charge in [-0.05, 0) is 13.3 Å². The predicted octanol–water partition coefficient (Wildman–Crippen LogP) is -0.107. The van der Waals surface area contributed by atoms with E-state index < -0.39 is 0 Å². The van der Waals surface area contributed by atoms with Crippen molar-refractivity contribution in [3.8, 4) is 0 Å². The third-order valence-corrected chi connectivity index (χ3v) is 2.17. The van der Waals surface area contributed by atoms with E-state index in [0.29, 0.717) is 12.1 Å². The number of hydrogen-bond acceptors (Lipinski definition) is 3. The fraction of sp³-hybridized carbons (Fsp3) is 1.00. The summed E-state index contributed by atoms with van der Waals surface area (Å²) in [6.45, 7) is 7.53. The monoisotopic (exact) mass is 157 g/mol. The molecule has 0 amide bonds. The fourth-order valence-corrected chi connectivity index (χ4v) is 1.27. The van der Waals surface area contributed by atoms with E-state index in [1.807, 2.05) is 0 Å². The van der Waals surface area contributed by atoms with Gasteiger partial charge in [0.15, 0.2) is 0 Å². The fourth-order valence-electron chi connectivity index (χ4n) is 1.27. The normalized spacial score (nSPS) is 34.4. The minimum Gasteiger partial charge on any atom is -0.311 e. The molecule has 0 bridgehead atoms. The Labute approximate surface area is 68.9 Å². The van der Waals surface area contributed by atoms with Gasteiger partial charge in [-0.3, -0.25) is 0 Å². The number of rotatable bonds is 1. The predicted molar refractivity (Wildman–Crippen MR) is 47.5 cm³/mol. The Morgan fingerprint density at radius 2 is 2.09 bits per heavy atom. The molecule has 3 heteroatoms. The van der Waals surface area contributed by atoms with Crippen molar-refractivity contribution in [2.75, 3.05) is 19.8 Å². The lowest BCUT2D eigenvalue weighted by Crippen LogP contribution is -2.51. The van der Waals surface area contributed by atoms with Crippen LogP contribution in [0.1, 0.15) is 20.3 Å². The Bertz CT molecular complexity index is 106. The minimum absolute atomic E-state index is 0.580. The molecule has 1 aliphatic heterocycles. The maximum atomic E-state index is 3.50. The Morgan fingerprint density at radius 1 is 1.27 bits per heavy atom. The molecule has 0 saturated carbocycles. The van der Waals surface area contributed by atoms with E-state index in [1.165, 1.54) is 6.42 Å². The summed E-state index contributed by atoms with van der Waals surface area (Å²) in [5.74, 6) is 0. The average Bonchev–Trinajstić information content (AvgIpc) is 1.98. The van der Waals surface area contributed by atoms with Crippen LogP contribution in [0.4, 0.5) is 0 Å². The summed E-state index contributed by atoms with van der Waals surface area (Å²) in [6, 6.07) is 1.23. The molecule has 3 nitrogen and oxygen atoms in total. The Kier molecular flexibility index (Phi) is 3.83. The van der Waals surface area contributed by atoms with Crippen molar-refractivity contribution in [2.45, 2.75) is 32.4 Å². The van der Waals surface area contributed by atoms with Crippen molar-refractivity contribution in [1.29, 1.82) is 0 Å². The maximum Gasteiger partial charge on any atom is 0.0457 e. The van der Waals surface area contributed by atoms with Crippen LogP contribution >= 0.6 is 0 Å². The summed E-state index contributed by atoms with van der Waals surface area (Å²) in [5.41, 5.74) is 0. The van der Waals surface area contributed by atoms with E-state index in [9.17, 15) is 0 Å². The Balaban J connectivity index is 2.25. The molecule has 3 N–H and O–H groups in total. The molecule has 1 aliphatic rings. The lowest BCUT2D eigenvalue weighted by Gasteiger charge is -2.25. The Hall–Kier alpha value is -0.120. The van der Waals surface area contributed by atoms with Gasteiger partial charge < -0.3 is 16.0 Å². The van der Waals surface area contributed by atoms with E-state index in [4.69, 9.17) is 0 Å². The van der Waals surface area contributed by atoms with Crippen LogP contribution in [0, 0.1) is 0 Å². The first-order valence-electron chi connectivity index (χ1n) is 4.50. The third kappa shape index (κ3) is 3.18. The zero-order chi connectivity index (χ0) is 8.10. The molecule has 2 unspecified atom stereocenters. The molecule has 0 aromatic carbocycles. The number of nitrogens with one attached hydrogen (secondary N) is 3. The van der Waals surface area contributed by atoms with E-state index in [1.54, 1.807) is 0 Å². The summed E-state index contributed by atoms with van der Waals surface area (Å²) in [6.07, 6.45) is 1.21. The van der Waals surface area contributed by atoms with Gasteiger partial charge in [-0.1, -0.05) is 6.92 Å². The minimum atomic E-state index is 0.580. The van der Waals surface area contributed by atoms with Gasteiger partial charge in [-0.2, -0.15) is 0 Å². The Morgan fingerprint density at radius 3 is 2.82 bits per heavy atom. The van der Waals surface area contributed by atoms with Crippen molar-refractivity contribution in [3.05, 3.63) is 0 Å². The van der Waals surface area contributed by atoms with Gasteiger partial charge in [0.1, 0.15) is 0 Å². The van der Waals surface area contributed by atoms with Gasteiger partial charge in [0.2, 0.25) is 0 Å². The van der Waals surface area contributed by atoms with Crippen molar-refractivity contribution in [1.82, 2.24) is 16.0 Å². The van der Waals surface area contributed by atoms with E-state index in [0.717, 1.165) is 19.8 Å². The summed E-state index contributed by atoms with van der Waals surface area (Å²) in [7, 11) is 0. The van der Waals surface area contributed by atoms with E-state index >= 15 is 0 Å². The van der Waals surface area contributed by atoms with Gasteiger partial charge in [0.25, 0.3) is 0 Å². The van der Waals surface area contributed by atoms with Crippen molar-refractivity contribution < 1.29 is 0 Å². The molecule has 0 aliphatic carbocycles. The molecule has 0 aromatic heterocycles. The van der Waals surface area contributed by atoms with Crippen LogP contribution in [0.5, 0.6) is 0 Å². The topological polar surface area (TPSA) is 36.1 Å². The zero-order valence-electron chi connectivity index (χ0n) is 7.48. The average molecular weight is 157 g/mol. The standard InChI is InChI=1S/C8H19N3/c1-3-8-5-9-6-11-7(2)4-10-8/h7-11H,3-6H2,1-2H3. The zero-order valence-corrected chi connectivity index (χ0v) is 7.48. The highest BCUT2D eigenvalue weighted by Crippen LogP contribution is 1.91. The number of hydrogen-bond donors (Lipinski definition) is 3. The van der Waals surface area contributed by atoms with Gasteiger partial charge >= 0.3 is 0 Å². The second kappa shape index (κ2) is 4.70. The summed E-state index contributed by atoms with van der Waals surface area (Å²) >= 11 is 0. The molecular formula is C8H19N3. The smallest absolute Gasteiger partial charge is 0.0457 e. The van der Waals surface area contributed by atoms with E-state index in [-0.39, 0.29) is 0 Å². The van der Waals surface area contributed by atoms with Crippen LogP contribution in [0.2, 0.25) is 0 Å². The van der Waals surface area contributed by atoms with Crippen molar-refractivity contribution in [2.24, 2.45) is 0 Å². The molecular weight excluding hydrogens is 138 g/mol. The first-order chi connectivity index (χ1) is 5.33. The molecule has 1 fully saturated rings. The SMILES string of the molecule is CCC1CNCNC(C)CN1. The second-order valence-electron chi connectivity index (χ2n) is 3.25. The third-order valence-electron chi connectivity index (χ3n) is 2.17. The maximum absolute atomic E-state index is 3.50. The molecule has 1 saturated heterocycles. The largest absolute Gasteiger partial charge is 0.311 e. The quantitative estimate of drug-likeness (QED) is 0.497. The van der Waals surface area contributed by atoms with Crippen molar-refractivity contribution >= 4 is 0 Å². The van der Waals surface area contributed by atoms with Crippen molar-refractivity contribution in [3.63, 3.8) is 0 Å². The van der Waals surface area contributed by atoms with E-state index in [2.05, 4.69) is 29.8 Å². The highest BCUT2D eigenvalue weighted by Gasteiger charge is 2.09. The molecule has 11 heavy (non-hydrogen) atoms. The van der Waals surface area contributed by atoms with Crippen LogP contribution in [-0.4, -0.2) is 31.8 Å². The summed E-state index contributed by atoms with van der Waals surface area (Å²) in [4.78, 5) is 0. The second-order valence-corrected chi connectivity index (χ2v) is 3.25. The van der Waals surface area contributed by atoms with Crippen LogP contribution in [0.15, 0.2) is 0 Å². The summed E-state index contributed by atoms with van der Waals surface area (Å²) < 4.78 is 0. The molecule has 1 heterocycles. The highest BCUT2D eigenvalue weighted by molar-refractivity contribution is 4.74. The lowest BCUT2D eigenvalue weighted by atomic mass is 10.2. The lowest BCUT2D eigenvalue weighted by molar-refractivity contribution is 0.371. The van der Waals surface area contributed by atoms with Gasteiger partial charge in [0.05, 0.1) is 0 Å². The first kappa shape index (κ1) is 8.97. The van der Waals surface area contributed by atoms with Gasteiger partial charge in [-0.15, -0.1) is 0 Å². The molecule has 2 atom stereocenters. The van der Waals surface area contributed by atoms with Gasteiger partial charge in [-0.25, -0.2) is 0 Å². The molecule has 0 spiro atoms. The molecule has 0 aromatic rings. The van der Waals surface area contributed by atoms with Crippen LogP contribution in [0.25, 0.3) is 0 Å². The molecule has 66 valence electrons. The van der Waals surface area contributed by atoms with Crippen LogP contribution < -0.4 is 16.0 Å². The van der Waals surface area contributed by atoms with Gasteiger partial charge in [0, 0.05) is 31.8 Å². The first-order valence-corrected chi connectivity index (χ1v) is 4.50. The molecule has 1 rings (SSSR count). The summed E-state index contributed by atoms with van der Waals surface area (Å²) in [5, 5.41) is 10.2. The highest BCUT2D eigenvalue weighted by atomic mass is 15.1. The van der Waals surface area contributed by atoms with Crippen LogP contribution in [0.3, 0.4) is 0 Å². The van der Waals surface area contributed by atoms with Crippen LogP contribution in [-0.2, 0) is 0 Å². The molecule has 0 radical (unpaired) electrons.